The van der Waals surface area contributed by atoms with Crippen molar-refractivity contribution >= 4 is 5.97 Å². The monoisotopic (exact) mass is 390 g/mol. The zero-order chi connectivity index (χ0) is 20.1. The van der Waals surface area contributed by atoms with Crippen molar-refractivity contribution in [3.8, 4) is 0 Å². The van der Waals surface area contributed by atoms with E-state index >= 15 is 0 Å². The van der Waals surface area contributed by atoms with Gasteiger partial charge in [-0.2, -0.15) is 13.2 Å². The molecular weight excluding hydrogens is 360 g/mol. The smallest absolute Gasteiger partial charge is 0.419 e. The van der Waals surface area contributed by atoms with Gasteiger partial charge in [0, 0.05) is 0 Å². The molecule has 0 aliphatic carbocycles. The van der Waals surface area contributed by atoms with E-state index in [1.165, 1.54) is 44.9 Å². The summed E-state index contributed by atoms with van der Waals surface area (Å²) in [6.45, 7) is 2.37. The minimum atomic E-state index is -4.84. The SMILES string of the molecule is CCCCCCCCCCCCCOC(=O)c1ccc(F)c(C(F)(F)F)c1. The summed E-state index contributed by atoms with van der Waals surface area (Å²) < 4.78 is 56.2. The van der Waals surface area contributed by atoms with Crippen LogP contribution in [0, 0.1) is 5.82 Å². The van der Waals surface area contributed by atoms with Gasteiger partial charge in [-0.05, 0) is 24.6 Å². The standard InChI is InChI=1S/C21H30F4O2/c1-2-3-4-5-6-7-8-9-10-11-12-15-27-20(26)17-13-14-19(22)18(16-17)21(23,24)25/h13-14,16H,2-12,15H2,1H3. The molecule has 154 valence electrons. The third kappa shape index (κ3) is 9.78. The molecule has 0 N–H and O–H groups in total. The Bertz CT molecular complexity index is 556. The Hall–Kier alpha value is -1.59. The van der Waals surface area contributed by atoms with Crippen molar-refractivity contribution in [3.63, 3.8) is 0 Å². The van der Waals surface area contributed by atoms with E-state index in [9.17, 15) is 22.4 Å². The van der Waals surface area contributed by atoms with Crippen LogP contribution < -0.4 is 0 Å². The Morgan fingerprint density at radius 1 is 0.889 bits per heavy atom. The van der Waals surface area contributed by atoms with Crippen molar-refractivity contribution in [2.24, 2.45) is 0 Å². The van der Waals surface area contributed by atoms with Crippen LogP contribution in [0.3, 0.4) is 0 Å². The maximum Gasteiger partial charge on any atom is 0.419 e. The van der Waals surface area contributed by atoms with E-state index in [4.69, 9.17) is 4.74 Å². The molecule has 0 amide bonds. The number of carbonyl (C=O) groups excluding carboxylic acids is 1. The Morgan fingerprint density at radius 3 is 1.93 bits per heavy atom. The van der Waals surface area contributed by atoms with Crippen LogP contribution in [-0.2, 0) is 10.9 Å². The van der Waals surface area contributed by atoms with Gasteiger partial charge < -0.3 is 4.74 Å². The second-order valence-corrected chi connectivity index (χ2v) is 6.86. The highest BCUT2D eigenvalue weighted by atomic mass is 19.4. The molecule has 0 bridgehead atoms. The molecule has 0 aliphatic rings. The number of alkyl halides is 3. The Kier molecular flexibility index (Phi) is 11.1. The summed E-state index contributed by atoms with van der Waals surface area (Å²) in [5.41, 5.74) is -1.74. The third-order valence-electron chi connectivity index (χ3n) is 4.49. The highest BCUT2D eigenvalue weighted by molar-refractivity contribution is 5.89. The molecule has 1 rings (SSSR count). The normalized spacial score (nSPS) is 11.6. The summed E-state index contributed by atoms with van der Waals surface area (Å²) >= 11 is 0. The van der Waals surface area contributed by atoms with Gasteiger partial charge in [-0.15, -0.1) is 0 Å². The van der Waals surface area contributed by atoms with Gasteiger partial charge in [0.2, 0.25) is 0 Å². The number of halogens is 4. The van der Waals surface area contributed by atoms with E-state index < -0.39 is 23.5 Å². The molecular formula is C21H30F4O2. The van der Waals surface area contributed by atoms with E-state index in [0.717, 1.165) is 25.3 Å². The van der Waals surface area contributed by atoms with Crippen LogP contribution in [0.4, 0.5) is 17.6 Å². The van der Waals surface area contributed by atoms with Gasteiger partial charge in [0.1, 0.15) is 5.82 Å². The predicted molar refractivity (Wildman–Crippen MR) is 98.1 cm³/mol. The van der Waals surface area contributed by atoms with Crippen molar-refractivity contribution in [1.82, 2.24) is 0 Å². The van der Waals surface area contributed by atoms with E-state index in [2.05, 4.69) is 6.92 Å². The number of rotatable bonds is 13. The van der Waals surface area contributed by atoms with Crippen molar-refractivity contribution in [2.45, 2.75) is 83.7 Å². The van der Waals surface area contributed by atoms with Gasteiger partial charge in [-0.25, -0.2) is 9.18 Å². The van der Waals surface area contributed by atoms with Gasteiger partial charge in [0.25, 0.3) is 0 Å². The number of ether oxygens (including phenoxy) is 1. The Labute approximate surface area is 159 Å². The molecule has 0 aliphatic heterocycles. The van der Waals surface area contributed by atoms with E-state index in [0.29, 0.717) is 18.6 Å². The molecule has 0 atom stereocenters. The van der Waals surface area contributed by atoms with E-state index in [1.54, 1.807) is 0 Å². The molecule has 1 aromatic carbocycles. The lowest BCUT2D eigenvalue weighted by molar-refractivity contribution is -0.140. The highest BCUT2D eigenvalue weighted by Gasteiger charge is 2.34. The van der Waals surface area contributed by atoms with Crippen LogP contribution in [0.5, 0.6) is 0 Å². The maximum absolute atomic E-state index is 13.2. The number of benzene rings is 1. The number of hydrogen-bond acceptors (Lipinski definition) is 2. The second-order valence-electron chi connectivity index (χ2n) is 6.86. The molecule has 0 aromatic heterocycles. The summed E-state index contributed by atoms with van der Waals surface area (Å²) in [5.74, 6) is -2.25. The van der Waals surface area contributed by atoms with Crippen molar-refractivity contribution in [3.05, 3.63) is 35.1 Å². The summed E-state index contributed by atoms with van der Waals surface area (Å²) in [4.78, 5) is 11.8. The third-order valence-corrected chi connectivity index (χ3v) is 4.49. The molecule has 2 nitrogen and oxygen atoms in total. The van der Waals surface area contributed by atoms with E-state index in [-0.39, 0.29) is 12.2 Å². The van der Waals surface area contributed by atoms with E-state index in [1.807, 2.05) is 0 Å². The zero-order valence-corrected chi connectivity index (χ0v) is 16.0. The number of carbonyl (C=O) groups is 1. The largest absolute Gasteiger partial charge is 0.462 e. The fraction of sp³-hybridized carbons (Fsp3) is 0.667. The molecule has 0 spiro atoms. The molecule has 0 saturated carbocycles. The fourth-order valence-electron chi connectivity index (χ4n) is 2.88. The van der Waals surface area contributed by atoms with Crippen LogP contribution in [-0.4, -0.2) is 12.6 Å². The van der Waals surface area contributed by atoms with Crippen LogP contribution in [0.15, 0.2) is 18.2 Å². The maximum atomic E-state index is 13.2. The van der Waals surface area contributed by atoms with Crippen LogP contribution in [0.1, 0.15) is 93.5 Å². The van der Waals surface area contributed by atoms with Gasteiger partial charge >= 0.3 is 12.1 Å². The molecule has 6 heteroatoms. The van der Waals surface area contributed by atoms with Gasteiger partial charge in [-0.3, -0.25) is 0 Å². The van der Waals surface area contributed by atoms with Gasteiger partial charge in [0.15, 0.2) is 0 Å². The molecule has 0 fully saturated rings. The summed E-state index contributed by atoms with van der Waals surface area (Å²) in [6.07, 6.45) is 7.91. The zero-order valence-electron chi connectivity index (χ0n) is 16.0. The summed E-state index contributed by atoms with van der Waals surface area (Å²) in [5, 5.41) is 0. The first kappa shape index (κ1) is 23.4. The van der Waals surface area contributed by atoms with Crippen molar-refractivity contribution in [2.75, 3.05) is 6.61 Å². The van der Waals surface area contributed by atoms with Crippen LogP contribution in [0.2, 0.25) is 0 Å². The predicted octanol–water partition coefficient (Wildman–Crippen LogP) is 7.31. The quantitative estimate of drug-likeness (QED) is 0.200. The molecule has 0 heterocycles. The minimum Gasteiger partial charge on any atom is -0.462 e. The molecule has 27 heavy (non-hydrogen) atoms. The lowest BCUT2D eigenvalue weighted by Crippen LogP contribution is -2.12. The second kappa shape index (κ2) is 12.7. The lowest BCUT2D eigenvalue weighted by atomic mass is 10.1. The highest BCUT2D eigenvalue weighted by Crippen LogP contribution is 2.32. The lowest BCUT2D eigenvalue weighted by Gasteiger charge is -2.10. The Morgan fingerprint density at radius 2 is 1.41 bits per heavy atom. The van der Waals surface area contributed by atoms with Gasteiger partial charge in [0.05, 0.1) is 17.7 Å². The molecule has 1 aromatic rings. The summed E-state index contributed by atoms with van der Waals surface area (Å²) in [7, 11) is 0. The average Bonchev–Trinajstić information content (AvgIpc) is 2.61. The molecule has 0 saturated heterocycles. The first-order valence-electron chi connectivity index (χ1n) is 9.90. The average molecular weight is 390 g/mol. The van der Waals surface area contributed by atoms with Crippen molar-refractivity contribution in [1.29, 1.82) is 0 Å². The number of unbranched alkanes of at least 4 members (excludes halogenated alkanes) is 10. The number of esters is 1. The number of hydrogen-bond donors (Lipinski definition) is 0. The van der Waals surface area contributed by atoms with Crippen LogP contribution in [0.25, 0.3) is 0 Å². The van der Waals surface area contributed by atoms with Gasteiger partial charge in [-0.1, -0.05) is 71.1 Å². The first-order valence-corrected chi connectivity index (χ1v) is 9.90. The van der Waals surface area contributed by atoms with Crippen LogP contribution >= 0.6 is 0 Å². The first-order chi connectivity index (χ1) is 12.9. The summed E-state index contributed by atoms with van der Waals surface area (Å²) in [6, 6.07) is 2.15. The Balaban J connectivity index is 2.14. The molecule has 0 unspecified atom stereocenters. The topological polar surface area (TPSA) is 26.3 Å². The molecule has 0 radical (unpaired) electrons. The van der Waals surface area contributed by atoms with Crippen molar-refractivity contribution < 1.29 is 27.1 Å². The minimum absolute atomic E-state index is 0.161. The fourth-order valence-corrected chi connectivity index (χ4v) is 2.88.